The molecule has 7 heteroatoms. The Balaban J connectivity index is 1.36. The monoisotopic (exact) mass is 395 g/mol. The number of likely N-dealkylation sites (tertiary alicyclic amines) is 1. The van der Waals surface area contributed by atoms with Crippen LogP contribution in [-0.4, -0.2) is 43.1 Å². The number of nitrogens with one attached hydrogen (secondary N) is 2. The van der Waals surface area contributed by atoms with Crippen molar-refractivity contribution >= 4 is 17.6 Å². The molecule has 1 fully saturated rings. The summed E-state index contributed by atoms with van der Waals surface area (Å²) in [7, 11) is 0. The average Bonchev–Trinajstić information content (AvgIpc) is 3.03. The molecule has 4 rings (SSSR count). The highest BCUT2D eigenvalue weighted by atomic mass is 16.5. The molecule has 0 radical (unpaired) electrons. The Morgan fingerprint density at radius 3 is 2.62 bits per heavy atom. The number of ether oxygens (including phenoxy) is 2. The largest absolute Gasteiger partial charge is 0.490 e. The highest BCUT2D eigenvalue weighted by Gasteiger charge is 2.29. The number of hydrogen-bond donors (Lipinski definition) is 2. The quantitative estimate of drug-likeness (QED) is 0.830. The first kappa shape index (κ1) is 19.3. The van der Waals surface area contributed by atoms with E-state index in [1.165, 1.54) is 0 Å². The molecule has 2 aromatic carbocycles. The summed E-state index contributed by atoms with van der Waals surface area (Å²) in [5.41, 5.74) is 1.75. The Kier molecular flexibility index (Phi) is 5.95. The number of benzene rings is 2. The highest BCUT2D eigenvalue weighted by molar-refractivity contribution is 6.01. The number of imide groups is 1. The summed E-state index contributed by atoms with van der Waals surface area (Å²) in [6, 6.07) is 14.6. The molecule has 2 heterocycles. The van der Waals surface area contributed by atoms with Crippen molar-refractivity contribution in [3.05, 3.63) is 54.1 Å². The van der Waals surface area contributed by atoms with Gasteiger partial charge in [-0.1, -0.05) is 24.3 Å². The zero-order valence-electron chi connectivity index (χ0n) is 16.2. The van der Waals surface area contributed by atoms with Gasteiger partial charge in [0, 0.05) is 18.2 Å². The molecule has 3 amide bonds. The lowest BCUT2D eigenvalue weighted by Gasteiger charge is -2.24. The van der Waals surface area contributed by atoms with Gasteiger partial charge < -0.3 is 14.8 Å². The number of anilines is 1. The number of fused-ring (bicyclic) bond motifs is 1. The van der Waals surface area contributed by atoms with Crippen molar-refractivity contribution in [1.29, 1.82) is 0 Å². The van der Waals surface area contributed by atoms with Crippen LogP contribution in [0.25, 0.3) is 0 Å². The maximum Gasteiger partial charge on any atom is 0.325 e. The maximum absolute atomic E-state index is 12.4. The Bertz CT molecular complexity index is 872. The van der Waals surface area contributed by atoms with E-state index in [0.29, 0.717) is 18.9 Å². The Labute approximate surface area is 170 Å². The number of carbonyl (C=O) groups is 2. The molecule has 1 atom stereocenters. The van der Waals surface area contributed by atoms with Gasteiger partial charge in [-0.15, -0.1) is 0 Å². The number of para-hydroxylation sites is 1. The average molecular weight is 395 g/mol. The van der Waals surface area contributed by atoms with Gasteiger partial charge >= 0.3 is 6.03 Å². The second kappa shape index (κ2) is 8.96. The van der Waals surface area contributed by atoms with E-state index in [4.69, 9.17) is 9.47 Å². The topological polar surface area (TPSA) is 79.9 Å². The fraction of sp³-hybridized carbons (Fsp3) is 0.364. The number of hydrogen-bond acceptors (Lipinski definition) is 5. The Hall–Kier alpha value is -3.06. The van der Waals surface area contributed by atoms with Gasteiger partial charge in [0.2, 0.25) is 5.91 Å². The van der Waals surface area contributed by atoms with Crippen LogP contribution in [0.1, 0.15) is 30.9 Å². The molecule has 0 saturated carbocycles. The summed E-state index contributed by atoms with van der Waals surface area (Å²) in [4.78, 5) is 26.5. The van der Waals surface area contributed by atoms with Crippen molar-refractivity contribution < 1.29 is 19.1 Å². The fourth-order valence-corrected chi connectivity index (χ4v) is 3.81. The van der Waals surface area contributed by atoms with Gasteiger partial charge in [-0.3, -0.25) is 15.0 Å². The van der Waals surface area contributed by atoms with Crippen molar-refractivity contribution in [1.82, 2.24) is 10.2 Å². The first-order chi connectivity index (χ1) is 14.2. The second-order valence-electron chi connectivity index (χ2n) is 7.25. The van der Waals surface area contributed by atoms with Crippen LogP contribution in [-0.2, 0) is 4.79 Å². The van der Waals surface area contributed by atoms with Crippen LogP contribution in [0.4, 0.5) is 10.5 Å². The predicted octanol–water partition coefficient (Wildman–Crippen LogP) is 3.33. The second-order valence-corrected chi connectivity index (χ2v) is 7.25. The summed E-state index contributed by atoms with van der Waals surface area (Å²) in [5.74, 6) is 1.21. The van der Waals surface area contributed by atoms with Gasteiger partial charge in [0.15, 0.2) is 11.5 Å². The molecule has 2 N–H and O–H groups in total. The molecule has 2 aliphatic rings. The van der Waals surface area contributed by atoms with Gasteiger partial charge in [0.1, 0.15) is 0 Å². The predicted molar refractivity (Wildman–Crippen MR) is 109 cm³/mol. The first-order valence-electron chi connectivity index (χ1n) is 9.98. The number of rotatable bonds is 4. The van der Waals surface area contributed by atoms with Crippen LogP contribution < -0.4 is 20.1 Å². The lowest BCUT2D eigenvalue weighted by Crippen LogP contribution is -2.41. The van der Waals surface area contributed by atoms with Crippen molar-refractivity contribution in [3.8, 4) is 11.5 Å². The lowest BCUT2D eigenvalue weighted by atomic mass is 10.0. The van der Waals surface area contributed by atoms with E-state index in [1.54, 1.807) is 12.1 Å². The molecule has 0 aliphatic carbocycles. The van der Waals surface area contributed by atoms with Crippen molar-refractivity contribution in [3.63, 3.8) is 0 Å². The molecule has 2 aromatic rings. The van der Waals surface area contributed by atoms with E-state index in [-0.39, 0.29) is 18.5 Å². The van der Waals surface area contributed by atoms with Gasteiger partial charge in [0.05, 0.1) is 19.8 Å². The zero-order valence-corrected chi connectivity index (χ0v) is 16.2. The molecule has 0 spiro atoms. The third kappa shape index (κ3) is 4.86. The van der Waals surface area contributed by atoms with E-state index in [0.717, 1.165) is 42.9 Å². The summed E-state index contributed by atoms with van der Waals surface area (Å²) >= 11 is 0. The molecule has 152 valence electrons. The SMILES string of the molecule is O=C(CN1CCCC1c1ccc2c(c1)OCCCO2)NC(=O)Nc1ccccc1. The molecule has 2 aliphatic heterocycles. The minimum atomic E-state index is -0.521. The standard InChI is InChI=1S/C22H25N3O4/c26-21(24-22(27)23-17-6-2-1-3-7-17)15-25-11-4-8-18(25)16-9-10-19-20(14-16)29-13-5-12-28-19/h1-3,6-7,9-10,14,18H,4-5,8,11-13,15H2,(H2,23,24,26,27). The fourth-order valence-electron chi connectivity index (χ4n) is 3.81. The van der Waals surface area contributed by atoms with E-state index >= 15 is 0 Å². The van der Waals surface area contributed by atoms with Crippen LogP contribution in [0.15, 0.2) is 48.5 Å². The molecule has 0 aromatic heterocycles. The Morgan fingerprint density at radius 1 is 1.00 bits per heavy atom. The van der Waals surface area contributed by atoms with E-state index in [1.807, 2.05) is 36.4 Å². The van der Waals surface area contributed by atoms with E-state index < -0.39 is 6.03 Å². The van der Waals surface area contributed by atoms with Gasteiger partial charge in [-0.05, 0) is 49.2 Å². The molecule has 1 saturated heterocycles. The van der Waals surface area contributed by atoms with Gasteiger partial charge in [-0.25, -0.2) is 4.79 Å². The van der Waals surface area contributed by atoms with Crippen molar-refractivity contribution in [2.75, 3.05) is 31.6 Å². The van der Waals surface area contributed by atoms with Gasteiger partial charge in [-0.2, -0.15) is 0 Å². The molecular formula is C22H25N3O4. The summed E-state index contributed by atoms with van der Waals surface area (Å²) in [6.45, 7) is 2.28. The van der Waals surface area contributed by atoms with Crippen molar-refractivity contribution in [2.45, 2.75) is 25.3 Å². The minimum Gasteiger partial charge on any atom is -0.490 e. The minimum absolute atomic E-state index is 0.120. The summed E-state index contributed by atoms with van der Waals surface area (Å²) < 4.78 is 11.5. The molecule has 7 nitrogen and oxygen atoms in total. The van der Waals surface area contributed by atoms with Crippen LogP contribution in [0.5, 0.6) is 11.5 Å². The molecule has 1 unspecified atom stereocenters. The number of nitrogens with zero attached hydrogens (tertiary/aromatic N) is 1. The molecular weight excluding hydrogens is 370 g/mol. The van der Waals surface area contributed by atoms with Crippen molar-refractivity contribution in [2.24, 2.45) is 0 Å². The first-order valence-corrected chi connectivity index (χ1v) is 9.98. The normalized spacial score (nSPS) is 18.7. The van der Waals surface area contributed by atoms with Gasteiger partial charge in [0.25, 0.3) is 0 Å². The smallest absolute Gasteiger partial charge is 0.325 e. The summed E-state index contributed by atoms with van der Waals surface area (Å²) in [6.07, 6.45) is 2.83. The number of carbonyl (C=O) groups excluding carboxylic acids is 2. The Morgan fingerprint density at radius 2 is 1.79 bits per heavy atom. The number of amides is 3. The highest BCUT2D eigenvalue weighted by Crippen LogP contribution is 2.37. The van der Waals surface area contributed by atoms with E-state index in [2.05, 4.69) is 15.5 Å². The molecule has 0 bridgehead atoms. The summed E-state index contributed by atoms with van der Waals surface area (Å²) in [5, 5.41) is 5.07. The maximum atomic E-state index is 12.4. The third-order valence-corrected chi connectivity index (χ3v) is 5.15. The van der Waals surface area contributed by atoms with E-state index in [9.17, 15) is 9.59 Å². The van der Waals surface area contributed by atoms with Crippen LogP contribution in [0.2, 0.25) is 0 Å². The third-order valence-electron chi connectivity index (χ3n) is 5.15. The number of urea groups is 1. The van der Waals surface area contributed by atoms with Crippen LogP contribution >= 0.6 is 0 Å². The van der Waals surface area contributed by atoms with Crippen LogP contribution in [0, 0.1) is 0 Å². The zero-order chi connectivity index (χ0) is 20.1. The van der Waals surface area contributed by atoms with Crippen LogP contribution in [0.3, 0.4) is 0 Å². The lowest BCUT2D eigenvalue weighted by molar-refractivity contribution is -0.121. The molecule has 29 heavy (non-hydrogen) atoms.